The molecule has 8 rings (SSSR count). The molecule has 9 heteroatoms. The van der Waals surface area contributed by atoms with Crippen molar-refractivity contribution in [2.75, 3.05) is 42.6 Å². The van der Waals surface area contributed by atoms with Crippen LogP contribution in [0.3, 0.4) is 0 Å². The number of para-hydroxylation sites is 2. The van der Waals surface area contributed by atoms with Gasteiger partial charge in [0.25, 0.3) is 0 Å². The highest BCUT2D eigenvalue weighted by Gasteiger charge is 2.29. The summed E-state index contributed by atoms with van der Waals surface area (Å²) in [6.07, 6.45) is 1.93. The maximum absolute atomic E-state index is 14.4. The third kappa shape index (κ3) is 9.87. The first-order valence-corrected chi connectivity index (χ1v) is 24.8. The van der Waals surface area contributed by atoms with Gasteiger partial charge in [-0.3, -0.25) is 0 Å². The molecule has 1 aliphatic heterocycles. The molecule has 314 valence electrons. The van der Waals surface area contributed by atoms with E-state index in [1.807, 2.05) is 67.7 Å². The van der Waals surface area contributed by atoms with Crippen molar-refractivity contribution in [2.45, 2.75) is 41.4 Å². The Morgan fingerprint density at radius 3 is 1.84 bits per heavy atom. The van der Waals surface area contributed by atoms with Crippen molar-refractivity contribution in [3.05, 3.63) is 187 Å². The van der Waals surface area contributed by atoms with E-state index in [1.165, 1.54) is 14.1 Å². The highest BCUT2D eigenvalue weighted by atomic mass is 32.2. The van der Waals surface area contributed by atoms with Crippen LogP contribution in [0.1, 0.15) is 26.7 Å². The van der Waals surface area contributed by atoms with Gasteiger partial charge in [-0.05, 0) is 72.8 Å². The van der Waals surface area contributed by atoms with E-state index in [0.29, 0.717) is 30.0 Å². The fraction of sp³-hybridized carbons (Fsp3) is 0.189. The van der Waals surface area contributed by atoms with Crippen LogP contribution in [0.2, 0.25) is 0 Å². The number of fused-ring (bicyclic) bond motifs is 2. The van der Waals surface area contributed by atoms with Crippen LogP contribution in [0, 0.1) is 0 Å². The van der Waals surface area contributed by atoms with Gasteiger partial charge >= 0.3 is 0 Å². The van der Waals surface area contributed by atoms with E-state index in [9.17, 15) is 8.42 Å². The number of rotatable bonds is 18. The summed E-state index contributed by atoms with van der Waals surface area (Å²) >= 11 is 3.74. The van der Waals surface area contributed by atoms with Crippen LogP contribution < -0.4 is 14.8 Å². The molecule has 6 nitrogen and oxygen atoms in total. The topological polar surface area (TPSA) is 56.8 Å². The van der Waals surface area contributed by atoms with Gasteiger partial charge in [0.15, 0.2) is 0 Å². The summed E-state index contributed by atoms with van der Waals surface area (Å²) in [7, 11) is -3.82. The van der Waals surface area contributed by atoms with Crippen LogP contribution in [-0.4, -0.2) is 50.4 Å². The summed E-state index contributed by atoms with van der Waals surface area (Å²) in [5.74, 6) is 2.63. The highest BCUT2D eigenvalue weighted by Crippen LogP contribution is 2.44. The third-order valence-electron chi connectivity index (χ3n) is 11.0. The zero-order valence-corrected chi connectivity index (χ0v) is 37.7. The van der Waals surface area contributed by atoms with Crippen LogP contribution >= 0.6 is 23.5 Å². The molecule has 0 spiro atoms. The summed E-state index contributed by atoms with van der Waals surface area (Å²) in [5, 5.41) is 1.85. The lowest BCUT2D eigenvalue weighted by Crippen LogP contribution is -2.31. The molecule has 0 aromatic heterocycles. The van der Waals surface area contributed by atoms with Crippen LogP contribution in [0.5, 0.6) is 0 Å². The highest BCUT2D eigenvalue weighted by molar-refractivity contribution is 7.99. The Morgan fingerprint density at radius 2 is 1.18 bits per heavy atom. The number of anilines is 2. The molecule has 2 aliphatic rings. The average Bonchev–Trinajstić information content (AvgIpc) is 3.32. The lowest BCUT2D eigenvalue weighted by molar-refractivity contribution is 0.445. The van der Waals surface area contributed by atoms with Gasteiger partial charge in [0.05, 0.1) is 11.0 Å². The van der Waals surface area contributed by atoms with Gasteiger partial charge in [-0.15, -0.1) is 23.5 Å². The number of benzene rings is 7. The maximum Gasteiger partial charge on any atom is 0.243 e. The minimum Gasteiger partial charge on any atom is -0.456 e. The number of nitrogens with zero attached hydrogens (tertiary/aromatic N) is 3. The summed E-state index contributed by atoms with van der Waals surface area (Å²) in [6, 6.07) is 62.2. The molecule has 0 saturated heterocycles. The molecule has 0 atom stereocenters. The Bertz CT molecular complexity index is 2850. The fourth-order valence-electron chi connectivity index (χ4n) is 7.98. The lowest BCUT2D eigenvalue weighted by Gasteiger charge is -2.26. The van der Waals surface area contributed by atoms with E-state index in [4.69, 9.17) is 4.42 Å². The number of sulfonamides is 1. The van der Waals surface area contributed by atoms with Crippen molar-refractivity contribution in [1.29, 1.82) is 0 Å². The van der Waals surface area contributed by atoms with E-state index in [-0.39, 0.29) is 4.90 Å². The van der Waals surface area contributed by atoms with Crippen LogP contribution in [0.15, 0.2) is 201 Å². The summed E-state index contributed by atoms with van der Waals surface area (Å²) in [4.78, 5) is 5.17. The zero-order chi connectivity index (χ0) is 42.7. The normalized spacial score (nSPS) is 12.2. The van der Waals surface area contributed by atoms with Gasteiger partial charge in [-0.1, -0.05) is 105 Å². The molecule has 0 N–H and O–H groups in total. The van der Waals surface area contributed by atoms with Gasteiger partial charge in [0.2, 0.25) is 21.1 Å². The summed E-state index contributed by atoms with van der Waals surface area (Å²) in [5.41, 5.74) is 6.22. The second-order valence-corrected chi connectivity index (χ2v) is 19.2. The van der Waals surface area contributed by atoms with Gasteiger partial charge in [-0.25, -0.2) is 8.42 Å². The second-order valence-electron chi connectivity index (χ2n) is 14.9. The Kier molecular flexibility index (Phi) is 14.3. The molecule has 0 fully saturated rings. The van der Waals surface area contributed by atoms with Gasteiger partial charge in [0.1, 0.15) is 17.9 Å². The van der Waals surface area contributed by atoms with Crippen molar-refractivity contribution < 1.29 is 12.8 Å². The quantitative estimate of drug-likeness (QED) is 0.0370. The minimum absolute atomic E-state index is 0.286. The van der Waals surface area contributed by atoms with E-state index in [1.54, 1.807) is 6.07 Å². The Labute approximate surface area is 375 Å². The molecule has 0 radical (unpaired) electrons. The van der Waals surface area contributed by atoms with Crippen LogP contribution in [0.25, 0.3) is 33.4 Å². The van der Waals surface area contributed by atoms with Crippen molar-refractivity contribution in [1.82, 2.24) is 8.88 Å². The second kappa shape index (κ2) is 20.5. The molecule has 6 aromatic carbocycles. The molecule has 0 saturated carbocycles. The molecule has 1 heterocycles. The first kappa shape index (κ1) is 43.1. The van der Waals surface area contributed by atoms with E-state index in [2.05, 4.69) is 155 Å². The Morgan fingerprint density at radius 1 is 0.581 bits per heavy atom. The first-order valence-electron chi connectivity index (χ1n) is 21.4. The molecular formula is C53H52N3O3S3+. The first-order chi connectivity index (χ1) is 30.4. The molecule has 0 unspecified atom stereocenters. The van der Waals surface area contributed by atoms with Crippen LogP contribution in [0.4, 0.5) is 17.1 Å². The Balaban J connectivity index is 1.28. The van der Waals surface area contributed by atoms with Crippen LogP contribution in [-0.2, 0) is 10.0 Å². The largest absolute Gasteiger partial charge is 0.456 e. The van der Waals surface area contributed by atoms with Gasteiger partial charge in [-0.2, -0.15) is 8.88 Å². The molecule has 0 bridgehead atoms. The third-order valence-corrected chi connectivity index (χ3v) is 15.3. The molecule has 0 amide bonds. The summed E-state index contributed by atoms with van der Waals surface area (Å²) < 4.78 is 39.7. The van der Waals surface area contributed by atoms with Crippen molar-refractivity contribution in [3.8, 4) is 22.5 Å². The van der Waals surface area contributed by atoms with Crippen molar-refractivity contribution >= 4 is 61.6 Å². The maximum atomic E-state index is 14.4. The van der Waals surface area contributed by atoms with E-state index < -0.39 is 10.0 Å². The number of thioether (sulfide) groups is 2. The molecular weight excluding hydrogens is 823 g/mol. The number of hydrogen-bond donors (Lipinski definition) is 0. The predicted molar refractivity (Wildman–Crippen MR) is 262 cm³/mol. The smallest absolute Gasteiger partial charge is 0.243 e. The Hall–Kier alpha value is -5.58. The SMILES string of the molecule is CCN(CC)S(=O)(=O)c1ccccc1-c1c2ccc(=[N+](CCCSc3ccccc3)c3ccccc3)cc-2oc2cc(N(CCCSc3ccccc3)c3ccccc3)ccc12. The van der Waals surface area contributed by atoms with E-state index in [0.717, 1.165) is 76.4 Å². The van der Waals surface area contributed by atoms with Gasteiger partial charge in [0, 0.05) is 99.3 Å². The fourth-order valence-corrected chi connectivity index (χ4v) is 11.4. The number of hydrogen-bond acceptors (Lipinski definition) is 6. The lowest BCUT2D eigenvalue weighted by atomic mass is 9.93. The van der Waals surface area contributed by atoms with Gasteiger partial charge < -0.3 is 9.32 Å². The minimum atomic E-state index is -3.82. The monoisotopic (exact) mass is 874 g/mol. The molecule has 6 aromatic rings. The zero-order valence-electron chi connectivity index (χ0n) is 35.3. The molecule has 1 aliphatic carbocycles. The van der Waals surface area contributed by atoms with Crippen molar-refractivity contribution in [3.63, 3.8) is 0 Å². The standard InChI is InChI=1S/C53H52N3O3S3/c1-3-54(4-2)62(57,58)52-30-18-17-29-49(52)53-47-33-31-43(55(41-21-9-5-10-22-41)35-19-37-60-45-25-13-7-14-26-45)39-50(47)59-51-40-44(32-34-48(51)53)56(42-23-11-6-12-24-42)36-20-38-61-46-27-15-8-16-28-46/h5-18,21-34,39-40H,3-4,19-20,35-38H2,1-2H3/q+1. The molecule has 62 heavy (non-hydrogen) atoms. The average molecular weight is 875 g/mol. The summed E-state index contributed by atoms with van der Waals surface area (Å²) in [6.45, 7) is 6.14. The predicted octanol–water partition coefficient (Wildman–Crippen LogP) is 12.8. The van der Waals surface area contributed by atoms with E-state index >= 15 is 0 Å². The van der Waals surface area contributed by atoms with Crippen molar-refractivity contribution in [2.24, 2.45) is 0 Å².